The molecule has 1 aromatic heterocycles. The van der Waals surface area contributed by atoms with Crippen LogP contribution in [0, 0.1) is 0 Å². The number of piperazine rings is 1. The van der Waals surface area contributed by atoms with Crippen LogP contribution in [0.4, 0.5) is 5.82 Å². The standard InChI is InChI=1S/C24H25N3O2/c1-19-18-26(16-17-27(19)22-14-8-9-15-25-22)23(28)24(29,20-10-4-2-5-11-20)21-12-6-3-7-13-21/h2-15,19,29H,16-18H2,1H3/t19-/m1/s1. The lowest BCUT2D eigenvalue weighted by molar-refractivity contribution is -0.149. The van der Waals surface area contributed by atoms with Gasteiger partial charge in [-0.25, -0.2) is 4.98 Å². The lowest BCUT2D eigenvalue weighted by Crippen LogP contribution is -2.58. The van der Waals surface area contributed by atoms with E-state index in [1.54, 1.807) is 35.4 Å². The van der Waals surface area contributed by atoms with Crippen molar-refractivity contribution in [2.75, 3.05) is 24.5 Å². The third-order valence-electron chi connectivity index (χ3n) is 5.55. The van der Waals surface area contributed by atoms with E-state index in [0.717, 1.165) is 5.82 Å². The van der Waals surface area contributed by atoms with Crippen LogP contribution in [-0.4, -0.2) is 46.6 Å². The number of hydrogen-bond acceptors (Lipinski definition) is 4. The molecule has 0 unspecified atom stereocenters. The lowest BCUT2D eigenvalue weighted by Gasteiger charge is -2.43. The molecule has 29 heavy (non-hydrogen) atoms. The normalized spacial score (nSPS) is 17.2. The fourth-order valence-electron chi connectivity index (χ4n) is 4.01. The summed E-state index contributed by atoms with van der Waals surface area (Å²) in [5.74, 6) is 0.621. The Kier molecular flexibility index (Phi) is 5.32. The first kappa shape index (κ1) is 19.2. The van der Waals surface area contributed by atoms with Crippen LogP contribution in [-0.2, 0) is 10.4 Å². The summed E-state index contributed by atoms with van der Waals surface area (Å²) in [7, 11) is 0. The first-order valence-corrected chi connectivity index (χ1v) is 9.91. The molecule has 1 aliphatic rings. The Labute approximate surface area is 171 Å². The van der Waals surface area contributed by atoms with Crippen LogP contribution in [0.25, 0.3) is 0 Å². The molecule has 148 valence electrons. The van der Waals surface area contributed by atoms with E-state index >= 15 is 0 Å². The summed E-state index contributed by atoms with van der Waals surface area (Å²) >= 11 is 0. The minimum atomic E-state index is -1.71. The van der Waals surface area contributed by atoms with Gasteiger partial charge in [0.25, 0.3) is 5.91 Å². The average Bonchev–Trinajstić information content (AvgIpc) is 2.79. The summed E-state index contributed by atoms with van der Waals surface area (Å²) in [6, 6.07) is 24.3. The van der Waals surface area contributed by atoms with E-state index in [-0.39, 0.29) is 11.9 Å². The van der Waals surface area contributed by atoms with Gasteiger partial charge in [0, 0.05) is 31.9 Å². The van der Waals surface area contributed by atoms with Crippen LogP contribution in [0.3, 0.4) is 0 Å². The van der Waals surface area contributed by atoms with Gasteiger partial charge < -0.3 is 14.9 Å². The average molecular weight is 387 g/mol. The number of aromatic nitrogens is 1. The topological polar surface area (TPSA) is 56.7 Å². The molecule has 1 amide bonds. The van der Waals surface area contributed by atoms with E-state index < -0.39 is 5.60 Å². The van der Waals surface area contributed by atoms with Gasteiger partial charge >= 0.3 is 0 Å². The van der Waals surface area contributed by atoms with Crippen LogP contribution in [0.2, 0.25) is 0 Å². The molecule has 2 heterocycles. The van der Waals surface area contributed by atoms with Gasteiger partial charge in [0.1, 0.15) is 5.82 Å². The minimum absolute atomic E-state index is 0.0957. The quantitative estimate of drug-likeness (QED) is 0.748. The number of benzene rings is 2. The van der Waals surface area contributed by atoms with E-state index in [0.29, 0.717) is 30.8 Å². The third kappa shape index (κ3) is 3.61. The van der Waals surface area contributed by atoms with Gasteiger partial charge in [-0.1, -0.05) is 66.7 Å². The highest BCUT2D eigenvalue weighted by molar-refractivity contribution is 5.90. The molecular formula is C24H25N3O2. The SMILES string of the molecule is C[C@@H]1CN(C(=O)C(O)(c2ccccc2)c2ccccc2)CCN1c1ccccn1. The number of hydrogen-bond donors (Lipinski definition) is 1. The van der Waals surface area contributed by atoms with Gasteiger partial charge in [-0.05, 0) is 30.2 Å². The highest BCUT2D eigenvalue weighted by Crippen LogP contribution is 2.32. The van der Waals surface area contributed by atoms with Crippen LogP contribution in [0.1, 0.15) is 18.1 Å². The molecule has 0 radical (unpaired) electrons. The molecule has 1 N–H and O–H groups in total. The molecule has 0 saturated carbocycles. The molecule has 1 fully saturated rings. The summed E-state index contributed by atoms with van der Waals surface area (Å²) < 4.78 is 0. The number of nitrogens with zero attached hydrogens (tertiary/aromatic N) is 3. The Hall–Kier alpha value is -3.18. The molecule has 0 aliphatic carbocycles. The highest BCUT2D eigenvalue weighted by atomic mass is 16.3. The van der Waals surface area contributed by atoms with E-state index in [2.05, 4.69) is 16.8 Å². The van der Waals surface area contributed by atoms with Crippen molar-refractivity contribution in [3.8, 4) is 0 Å². The van der Waals surface area contributed by atoms with Crippen molar-refractivity contribution >= 4 is 11.7 Å². The maximum absolute atomic E-state index is 13.7. The summed E-state index contributed by atoms with van der Waals surface area (Å²) in [5, 5.41) is 11.7. The van der Waals surface area contributed by atoms with Crippen LogP contribution in [0.5, 0.6) is 0 Å². The van der Waals surface area contributed by atoms with Gasteiger partial charge in [0.2, 0.25) is 0 Å². The fraction of sp³-hybridized carbons (Fsp3) is 0.250. The van der Waals surface area contributed by atoms with Crippen molar-refractivity contribution in [2.45, 2.75) is 18.6 Å². The van der Waals surface area contributed by atoms with Crippen molar-refractivity contribution in [3.05, 3.63) is 96.2 Å². The Bertz CT molecular complexity index is 908. The molecule has 4 rings (SSSR count). The number of anilines is 1. The Morgan fingerprint density at radius 2 is 1.52 bits per heavy atom. The van der Waals surface area contributed by atoms with Crippen LogP contribution < -0.4 is 4.90 Å². The third-order valence-corrected chi connectivity index (χ3v) is 5.55. The molecule has 3 aromatic rings. The summed E-state index contributed by atoms with van der Waals surface area (Å²) in [6.45, 7) is 3.81. The maximum atomic E-state index is 13.7. The monoisotopic (exact) mass is 387 g/mol. The predicted octanol–water partition coefficient (Wildman–Crippen LogP) is 3.05. The van der Waals surface area contributed by atoms with Gasteiger partial charge in [0.05, 0.1) is 0 Å². The zero-order valence-corrected chi connectivity index (χ0v) is 16.5. The summed E-state index contributed by atoms with van der Waals surface area (Å²) in [5.41, 5.74) is -0.554. The number of pyridine rings is 1. The number of carbonyl (C=O) groups excluding carboxylic acids is 1. The van der Waals surface area contributed by atoms with Gasteiger partial charge in [-0.15, -0.1) is 0 Å². The van der Waals surface area contributed by atoms with E-state index in [9.17, 15) is 9.90 Å². The van der Waals surface area contributed by atoms with Crippen molar-refractivity contribution in [2.24, 2.45) is 0 Å². The number of rotatable bonds is 4. The van der Waals surface area contributed by atoms with E-state index in [1.807, 2.05) is 54.6 Å². The lowest BCUT2D eigenvalue weighted by atomic mass is 9.84. The first-order chi connectivity index (χ1) is 14.1. The second kappa shape index (κ2) is 8.05. The van der Waals surface area contributed by atoms with Crippen molar-refractivity contribution in [1.82, 2.24) is 9.88 Å². The Balaban J connectivity index is 1.63. The van der Waals surface area contributed by atoms with Crippen molar-refractivity contribution in [3.63, 3.8) is 0 Å². The molecule has 1 aliphatic heterocycles. The Morgan fingerprint density at radius 3 is 2.03 bits per heavy atom. The van der Waals surface area contributed by atoms with Crippen LogP contribution >= 0.6 is 0 Å². The van der Waals surface area contributed by atoms with Crippen molar-refractivity contribution < 1.29 is 9.90 Å². The molecule has 1 saturated heterocycles. The maximum Gasteiger partial charge on any atom is 0.264 e. The van der Waals surface area contributed by atoms with Crippen LogP contribution in [0.15, 0.2) is 85.1 Å². The number of aliphatic hydroxyl groups is 1. The molecule has 5 nitrogen and oxygen atoms in total. The zero-order valence-electron chi connectivity index (χ0n) is 16.5. The Morgan fingerprint density at radius 1 is 0.931 bits per heavy atom. The van der Waals surface area contributed by atoms with Gasteiger partial charge in [0.15, 0.2) is 5.60 Å². The smallest absolute Gasteiger partial charge is 0.264 e. The zero-order chi connectivity index (χ0) is 20.3. The second-order valence-corrected chi connectivity index (χ2v) is 7.42. The molecule has 0 spiro atoms. The fourth-order valence-corrected chi connectivity index (χ4v) is 4.01. The summed E-state index contributed by atoms with van der Waals surface area (Å²) in [4.78, 5) is 22.1. The molecule has 0 bridgehead atoms. The molecule has 2 aromatic carbocycles. The van der Waals surface area contributed by atoms with E-state index in [4.69, 9.17) is 0 Å². The summed E-state index contributed by atoms with van der Waals surface area (Å²) in [6.07, 6.45) is 1.78. The van der Waals surface area contributed by atoms with E-state index in [1.165, 1.54) is 0 Å². The molecule has 1 atom stereocenters. The van der Waals surface area contributed by atoms with Gasteiger partial charge in [-0.2, -0.15) is 0 Å². The highest BCUT2D eigenvalue weighted by Gasteiger charge is 2.44. The predicted molar refractivity (Wildman–Crippen MR) is 114 cm³/mol. The molecular weight excluding hydrogens is 362 g/mol. The van der Waals surface area contributed by atoms with Crippen molar-refractivity contribution in [1.29, 1.82) is 0 Å². The molecule has 5 heteroatoms. The first-order valence-electron chi connectivity index (χ1n) is 9.91. The number of amides is 1. The van der Waals surface area contributed by atoms with Gasteiger partial charge in [-0.3, -0.25) is 4.79 Å². The number of carbonyl (C=O) groups is 1. The largest absolute Gasteiger partial charge is 0.372 e. The minimum Gasteiger partial charge on any atom is -0.372 e. The second-order valence-electron chi connectivity index (χ2n) is 7.42.